The number of thiazole rings is 1. The minimum Gasteiger partial charge on any atom is -0.480 e. The molecule has 0 bridgehead atoms. The van der Waals surface area contributed by atoms with Gasteiger partial charge in [-0.05, 0) is 24.8 Å². The summed E-state index contributed by atoms with van der Waals surface area (Å²) in [5, 5.41) is 18.4. The molecule has 0 aliphatic heterocycles. The molecule has 0 aromatic carbocycles. The van der Waals surface area contributed by atoms with E-state index in [2.05, 4.69) is 10.3 Å². The Morgan fingerprint density at radius 3 is 2.76 bits per heavy atom. The SMILES string of the molecule is CCC(C)(NC(=O)Cc1csc(-c2ccsc2)n1)C(=O)O. The lowest BCUT2D eigenvalue weighted by atomic mass is 9.99. The second-order valence-corrected chi connectivity index (χ2v) is 6.51. The highest BCUT2D eigenvalue weighted by molar-refractivity contribution is 7.14. The molecular weight excluding hydrogens is 308 g/mol. The van der Waals surface area contributed by atoms with Gasteiger partial charge in [0.05, 0.1) is 12.1 Å². The average molecular weight is 324 g/mol. The van der Waals surface area contributed by atoms with Gasteiger partial charge in [0.15, 0.2) is 0 Å². The zero-order chi connectivity index (χ0) is 15.5. The van der Waals surface area contributed by atoms with Crippen molar-refractivity contribution in [3.05, 3.63) is 27.9 Å². The quantitative estimate of drug-likeness (QED) is 0.856. The van der Waals surface area contributed by atoms with E-state index in [0.717, 1.165) is 10.6 Å². The topological polar surface area (TPSA) is 79.3 Å². The van der Waals surface area contributed by atoms with Gasteiger partial charge in [0.1, 0.15) is 10.5 Å². The van der Waals surface area contributed by atoms with Gasteiger partial charge in [-0.1, -0.05) is 6.92 Å². The van der Waals surface area contributed by atoms with Crippen LogP contribution in [0.25, 0.3) is 10.6 Å². The third-order valence-corrected chi connectivity index (χ3v) is 4.88. The molecule has 0 aliphatic carbocycles. The predicted octanol–water partition coefficient (Wildman–Crippen LogP) is 2.78. The highest BCUT2D eigenvalue weighted by Gasteiger charge is 2.32. The molecule has 112 valence electrons. The highest BCUT2D eigenvalue weighted by Crippen LogP contribution is 2.25. The number of hydrogen-bond donors (Lipinski definition) is 2. The first-order valence-corrected chi connectivity index (χ1v) is 8.28. The largest absolute Gasteiger partial charge is 0.480 e. The van der Waals surface area contributed by atoms with Crippen LogP contribution in [0.15, 0.2) is 22.2 Å². The number of carbonyl (C=O) groups is 2. The van der Waals surface area contributed by atoms with Gasteiger partial charge < -0.3 is 10.4 Å². The third-order valence-electron chi connectivity index (χ3n) is 3.26. The maximum Gasteiger partial charge on any atom is 0.329 e. The molecule has 0 saturated heterocycles. The van der Waals surface area contributed by atoms with Crippen molar-refractivity contribution in [2.45, 2.75) is 32.2 Å². The fraction of sp³-hybridized carbons (Fsp3) is 0.357. The summed E-state index contributed by atoms with van der Waals surface area (Å²) in [6.07, 6.45) is 0.412. The van der Waals surface area contributed by atoms with E-state index >= 15 is 0 Å². The van der Waals surface area contributed by atoms with E-state index in [1.165, 1.54) is 18.3 Å². The summed E-state index contributed by atoms with van der Waals surface area (Å²) in [7, 11) is 0. The van der Waals surface area contributed by atoms with Crippen LogP contribution in [-0.2, 0) is 16.0 Å². The predicted molar refractivity (Wildman–Crippen MR) is 83.6 cm³/mol. The van der Waals surface area contributed by atoms with Crippen molar-refractivity contribution in [3.8, 4) is 10.6 Å². The minimum atomic E-state index is -1.23. The van der Waals surface area contributed by atoms with Crippen LogP contribution in [0.5, 0.6) is 0 Å². The van der Waals surface area contributed by atoms with Gasteiger partial charge >= 0.3 is 5.97 Å². The number of aliphatic carboxylic acids is 1. The summed E-state index contributed by atoms with van der Waals surface area (Å²) in [5.41, 5.74) is 0.465. The lowest BCUT2D eigenvalue weighted by Crippen LogP contribution is -2.52. The monoisotopic (exact) mass is 324 g/mol. The van der Waals surface area contributed by atoms with Gasteiger partial charge in [-0.25, -0.2) is 9.78 Å². The van der Waals surface area contributed by atoms with Crippen LogP contribution in [0.4, 0.5) is 0 Å². The van der Waals surface area contributed by atoms with Gasteiger partial charge in [0.25, 0.3) is 0 Å². The Labute approximate surface area is 130 Å². The Kier molecular flexibility index (Phi) is 4.74. The fourth-order valence-corrected chi connectivity index (χ4v) is 3.25. The Morgan fingerprint density at radius 2 is 2.19 bits per heavy atom. The second-order valence-electron chi connectivity index (χ2n) is 4.87. The number of thiophene rings is 1. The molecule has 1 atom stereocenters. The summed E-state index contributed by atoms with van der Waals surface area (Å²) < 4.78 is 0. The molecule has 0 radical (unpaired) electrons. The number of carboxylic acid groups (broad SMARTS) is 1. The maximum atomic E-state index is 12.0. The van der Waals surface area contributed by atoms with E-state index in [0.29, 0.717) is 12.1 Å². The van der Waals surface area contributed by atoms with E-state index in [1.807, 2.05) is 22.2 Å². The van der Waals surface area contributed by atoms with E-state index in [1.54, 1.807) is 18.3 Å². The lowest BCUT2D eigenvalue weighted by molar-refractivity contribution is -0.146. The van der Waals surface area contributed by atoms with Crippen molar-refractivity contribution in [3.63, 3.8) is 0 Å². The van der Waals surface area contributed by atoms with Crippen LogP contribution in [0.1, 0.15) is 26.0 Å². The molecule has 0 aliphatic rings. The third kappa shape index (κ3) is 3.68. The Hall–Kier alpha value is -1.73. The summed E-state index contributed by atoms with van der Waals surface area (Å²) in [6.45, 7) is 3.23. The number of carbonyl (C=O) groups excluding carboxylic acids is 1. The first-order valence-electron chi connectivity index (χ1n) is 6.46. The molecule has 2 N–H and O–H groups in total. The number of nitrogens with one attached hydrogen (secondary N) is 1. The van der Waals surface area contributed by atoms with E-state index in [-0.39, 0.29) is 12.3 Å². The van der Waals surface area contributed by atoms with Crippen molar-refractivity contribution < 1.29 is 14.7 Å². The molecule has 7 heteroatoms. The van der Waals surface area contributed by atoms with Gasteiger partial charge in [0, 0.05) is 16.3 Å². The number of carboxylic acids is 1. The zero-order valence-corrected chi connectivity index (χ0v) is 13.4. The molecule has 2 heterocycles. The fourth-order valence-electron chi connectivity index (χ4n) is 1.72. The van der Waals surface area contributed by atoms with Crippen molar-refractivity contribution in [2.24, 2.45) is 0 Å². The molecule has 2 aromatic heterocycles. The smallest absolute Gasteiger partial charge is 0.329 e. The van der Waals surface area contributed by atoms with Crippen LogP contribution in [0.3, 0.4) is 0 Å². The number of rotatable bonds is 6. The van der Waals surface area contributed by atoms with Crippen molar-refractivity contribution in [1.29, 1.82) is 0 Å². The first-order chi connectivity index (χ1) is 9.94. The second kappa shape index (κ2) is 6.36. The molecular formula is C14H16N2O3S2. The standard InChI is InChI=1S/C14H16N2O3S2/c1-3-14(2,13(18)19)16-11(17)6-10-8-21-12(15-10)9-4-5-20-7-9/h4-5,7-8H,3,6H2,1-2H3,(H,16,17)(H,18,19). The number of amides is 1. The van der Waals surface area contributed by atoms with Gasteiger partial charge in [-0.3, -0.25) is 4.79 Å². The van der Waals surface area contributed by atoms with Crippen LogP contribution in [0.2, 0.25) is 0 Å². The summed E-state index contributed by atoms with van der Waals surface area (Å²) in [6, 6.07) is 1.98. The van der Waals surface area contributed by atoms with E-state index in [9.17, 15) is 9.59 Å². The molecule has 0 fully saturated rings. The van der Waals surface area contributed by atoms with Crippen LogP contribution < -0.4 is 5.32 Å². The molecule has 2 rings (SSSR count). The average Bonchev–Trinajstić information content (AvgIpc) is 3.08. The minimum absolute atomic E-state index is 0.0868. The van der Waals surface area contributed by atoms with Crippen molar-refractivity contribution >= 4 is 34.6 Å². The van der Waals surface area contributed by atoms with E-state index < -0.39 is 11.5 Å². The Morgan fingerprint density at radius 1 is 1.43 bits per heavy atom. The van der Waals surface area contributed by atoms with Crippen molar-refractivity contribution in [2.75, 3.05) is 0 Å². The molecule has 1 amide bonds. The van der Waals surface area contributed by atoms with Crippen LogP contribution in [0, 0.1) is 0 Å². The Balaban J connectivity index is 2.02. The van der Waals surface area contributed by atoms with Crippen LogP contribution in [-0.4, -0.2) is 27.5 Å². The maximum absolute atomic E-state index is 12.0. The number of nitrogens with zero attached hydrogens (tertiary/aromatic N) is 1. The van der Waals surface area contributed by atoms with E-state index in [4.69, 9.17) is 5.11 Å². The number of hydrogen-bond acceptors (Lipinski definition) is 5. The molecule has 1 unspecified atom stereocenters. The first kappa shape index (κ1) is 15.7. The van der Waals surface area contributed by atoms with Crippen LogP contribution >= 0.6 is 22.7 Å². The van der Waals surface area contributed by atoms with Gasteiger partial charge in [-0.15, -0.1) is 11.3 Å². The number of aromatic nitrogens is 1. The Bertz CT molecular complexity index is 636. The molecule has 5 nitrogen and oxygen atoms in total. The molecule has 0 spiro atoms. The normalized spacial score (nSPS) is 13.6. The van der Waals surface area contributed by atoms with Gasteiger partial charge in [-0.2, -0.15) is 11.3 Å². The summed E-state index contributed by atoms with van der Waals surface area (Å²) in [4.78, 5) is 27.6. The zero-order valence-electron chi connectivity index (χ0n) is 11.8. The highest BCUT2D eigenvalue weighted by atomic mass is 32.1. The molecule has 2 aromatic rings. The molecule has 0 saturated carbocycles. The lowest BCUT2D eigenvalue weighted by Gasteiger charge is -2.24. The summed E-state index contributed by atoms with van der Waals surface area (Å²) in [5.74, 6) is -1.36. The summed E-state index contributed by atoms with van der Waals surface area (Å²) >= 11 is 3.07. The van der Waals surface area contributed by atoms with Gasteiger partial charge in [0.2, 0.25) is 5.91 Å². The van der Waals surface area contributed by atoms with Crippen molar-refractivity contribution in [1.82, 2.24) is 10.3 Å². The molecule has 21 heavy (non-hydrogen) atoms.